The van der Waals surface area contributed by atoms with Crippen molar-refractivity contribution in [1.29, 1.82) is 0 Å². The number of anilines is 2. The first-order chi connectivity index (χ1) is 9.23. The number of rotatable bonds is 4. The first-order valence-electron chi connectivity index (χ1n) is 6.05. The number of sulfonamides is 1. The highest BCUT2D eigenvalue weighted by Crippen LogP contribution is 2.31. The van der Waals surface area contributed by atoms with Gasteiger partial charge in [0, 0.05) is 13.6 Å². The monoisotopic (exact) mass is 319 g/mol. The lowest BCUT2D eigenvalue weighted by Crippen LogP contribution is -2.34. The van der Waals surface area contributed by atoms with Gasteiger partial charge >= 0.3 is 0 Å². The predicted molar refractivity (Wildman–Crippen MR) is 78.6 cm³/mol. The average Bonchev–Trinajstić information content (AvgIpc) is 2.36. The zero-order valence-corrected chi connectivity index (χ0v) is 12.9. The second kappa shape index (κ2) is 5.23. The van der Waals surface area contributed by atoms with Crippen LogP contribution in [0.3, 0.4) is 0 Å². The summed E-state index contributed by atoms with van der Waals surface area (Å²) in [5.74, 6) is 0. The number of aryl methyl sites for hydroxylation is 1. The van der Waals surface area contributed by atoms with Crippen LogP contribution in [0, 0.1) is 0 Å². The van der Waals surface area contributed by atoms with Gasteiger partial charge < -0.3 is 0 Å². The van der Waals surface area contributed by atoms with Crippen molar-refractivity contribution in [1.82, 2.24) is 4.72 Å². The number of hydrogen-bond donors (Lipinski definition) is 2. The maximum absolute atomic E-state index is 11.7. The van der Waals surface area contributed by atoms with Crippen LogP contribution in [-0.4, -0.2) is 36.7 Å². The standard InChI is InChI=1S/C11H17N3O4S2/c1-12-20(17,18)13-10-5-6-11-9(8-10)4-3-7-14(11)19(2,15)16/h5-6,8,12-13H,3-4,7H2,1-2H3. The molecule has 2 rings (SSSR count). The van der Waals surface area contributed by atoms with E-state index in [1.165, 1.54) is 17.6 Å². The van der Waals surface area contributed by atoms with E-state index in [-0.39, 0.29) is 0 Å². The number of nitrogens with one attached hydrogen (secondary N) is 2. The molecule has 0 bridgehead atoms. The molecule has 0 aromatic heterocycles. The Balaban J connectivity index is 2.38. The molecule has 2 N–H and O–H groups in total. The van der Waals surface area contributed by atoms with Crippen LogP contribution < -0.4 is 13.7 Å². The van der Waals surface area contributed by atoms with Gasteiger partial charge in [0.05, 0.1) is 17.6 Å². The first-order valence-corrected chi connectivity index (χ1v) is 9.38. The number of hydrogen-bond acceptors (Lipinski definition) is 4. The Morgan fingerprint density at radius 2 is 1.90 bits per heavy atom. The van der Waals surface area contributed by atoms with Gasteiger partial charge in [-0.25, -0.2) is 13.1 Å². The van der Waals surface area contributed by atoms with E-state index in [1.54, 1.807) is 18.2 Å². The van der Waals surface area contributed by atoms with E-state index in [2.05, 4.69) is 9.44 Å². The Bertz CT molecular complexity index is 713. The van der Waals surface area contributed by atoms with E-state index in [0.717, 1.165) is 12.0 Å². The van der Waals surface area contributed by atoms with Crippen molar-refractivity contribution in [3.8, 4) is 0 Å². The Morgan fingerprint density at radius 3 is 2.50 bits per heavy atom. The molecular weight excluding hydrogens is 302 g/mol. The van der Waals surface area contributed by atoms with Crippen LogP contribution in [0.1, 0.15) is 12.0 Å². The van der Waals surface area contributed by atoms with Gasteiger partial charge in [-0.1, -0.05) is 0 Å². The SMILES string of the molecule is CNS(=O)(=O)Nc1ccc2c(c1)CCCN2S(C)(=O)=O. The molecule has 20 heavy (non-hydrogen) atoms. The minimum Gasteiger partial charge on any atom is -0.271 e. The molecule has 0 spiro atoms. The molecule has 0 fully saturated rings. The van der Waals surface area contributed by atoms with Crippen LogP contribution in [0.25, 0.3) is 0 Å². The normalized spacial score (nSPS) is 15.8. The topological polar surface area (TPSA) is 95.6 Å². The minimum atomic E-state index is -3.57. The van der Waals surface area contributed by atoms with Crippen molar-refractivity contribution in [2.75, 3.05) is 28.9 Å². The van der Waals surface area contributed by atoms with Gasteiger partial charge in [0.25, 0.3) is 10.2 Å². The number of nitrogens with zero attached hydrogens (tertiary/aromatic N) is 1. The highest BCUT2D eigenvalue weighted by atomic mass is 32.2. The molecule has 0 atom stereocenters. The average molecular weight is 319 g/mol. The van der Waals surface area contributed by atoms with Crippen molar-refractivity contribution in [3.63, 3.8) is 0 Å². The van der Waals surface area contributed by atoms with Crippen LogP contribution in [0.2, 0.25) is 0 Å². The molecule has 7 nitrogen and oxygen atoms in total. The third kappa shape index (κ3) is 3.22. The lowest BCUT2D eigenvalue weighted by molar-refractivity contribution is 0.591. The Kier molecular flexibility index (Phi) is 3.94. The quantitative estimate of drug-likeness (QED) is 0.833. The summed E-state index contributed by atoms with van der Waals surface area (Å²) >= 11 is 0. The van der Waals surface area contributed by atoms with Crippen molar-refractivity contribution < 1.29 is 16.8 Å². The summed E-state index contributed by atoms with van der Waals surface area (Å²) in [5.41, 5.74) is 1.84. The van der Waals surface area contributed by atoms with E-state index in [0.29, 0.717) is 24.3 Å². The second-order valence-corrected chi connectivity index (χ2v) is 8.12. The molecule has 1 aliphatic rings. The fraction of sp³-hybridized carbons (Fsp3) is 0.455. The molecule has 0 saturated heterocycles. The lowest BCUT2D eigenvalue weighted by Gasteiger charge is -2.29. The Morgan fingerprint density at radius 1 is 1.20 bits per heavy atom. The molecule has 1 aromatic carbocycles. The van der Waals surface area contributed by atoms with Crippen molar-refractivity contribution in [2.24, 2.45) is 0 Å². The molecule has 1 heterocycles. The molecule has 0 unspecified atom stereocenters. The minimum absolute atomic E-state index is 0.411. The van der Waals surface area contributed by atoms with E-state index < -0.39 is 20.2 Å². The third-order valence-electron chi connectivity index (χ3n) is 3.08. The maximum Gasteiger partial charge on any atom is 0.298 e. The molecular formula is C11H17N3O4S2. The van der Waals surface area contributed by atoms with E-state index >= 15 is 0 Å². The molecule has 0 amide bonds. The third-order valence-corrected chi connectivity index (χ3v) is 5.30. The van der Waals surface area contributed by atoms with E-state index in [4.69, 9.17) is 0 Å². The molecule has 0 aliphatic carbocycles. The van der Waals surface area contributed by atoms with Gasteiger partial charge in [-0.2, -0.15) is 8.42 Å². The molecule has 0 saturated carbocycles. The van der Waals surface area contributed by atoms with Crippen LogP contribution in [0.4, 0.5) is 11.4 Å². The maximum atomic E-state index is 11.7. The second-order valence-electron chi connectivity index (χ2n) is 4.59. The summed E-state index contributed by atoms with van der Waals surface area (Å²) in [6.45, 7) is 0.452. The summed E-state index contributed by atoms with van der Waals surface area (Å²) in [6, 6.07) is 4.85. The molecule has 0 radical (unpaired) electrons. The lowest BCUT2D eigenvalue weighted by atomic mass is 10.0. The van der Waals surface area contributed by atoms with E-state index in [9.17, 15) is 16.8 Å². The number of fused-ring (bicyclic) bond motifs is 1. The molecule has 112 valence electrons. The largest absolute Gasteiger partial charge is 0.298 e. The van der Waals surface area contributed by atoms with Gasteiger partial charge in [0.1, 0.15) is 0 Å². The fourth-order valence-electron chi connectivity index (χ4n) is 2.18. The van der Waals surface area contributed by atoms with Crippen molar-refractivity contribution >= 4 is 31.6 Å². The highest BCUT2D eigenvalue weighted by Gasteiger charge is 2.24. The zero-order chi connectivity index (χ0) is 15.0. The first kappa shape index (κ1) is 15.1. The van der Waals surface area contributed by atoms with Crippen LogP contribution >= 0.6 is 0 Å². The van der Waals surface area contributed by atoms with Gasteiger partial charge in [0.15, 0.2) is 0 Å². The summed E-state index contributed by atoms with van der Waals surface area (Å²) < 4.78 is 52.2. The Labute approximate surface area is 119 Å². The summed E-state index contributed by atoms with van der Waals surface area (Å²) in [6.07, 6.45) is 2.60. The van der Waals surface area contributed by atoms with Crippen LogP contribution in [-0.2, 0) is 26.7 Å². The smallest absolute Gasteiger partial charge is 0.271 e. The fourth-order valence-corrected chi connectivity index (χ4v) is 3.71. The van der Waals surface area contributed by atoms with E-state index in [1.807, 2.05) is 0 Å². The highest BCUT2D eigenvalue weighted by molar-refractivity contribution is 7.92. The summed E-state index contributed by atoms with van der Waals surface area (Å²) in [4.78, 5) is 0. The van der Waals surface area contributed by atoms with Crippen molar-refractivity contribution in [2.45, 2.75) is 12.8 Å². The zero-order valence-electron chi connectivity index (χ0n) is 11.3. The Hall–Kier alpha value is -1.32. The van der Waals surface area contributed by atoms with Crippen molar-refractivity contribution in [3.05, 3.63) is 23.8 Å². The van der Waals surface area contributed by atoms with Gasteiger partial charge in [0.2, 0.25) is 10.0 Å². The molecule has 1 aromatic rings. The van der Waals surface area contributed by atoms with Gasteiger partial charge in [-0.05, 0) is 36.6 Å². The predicted octanol–water partition coefficient (Wildman–Crippen LogP) is 0.275. The van der Waals surface area contributed by atoms with Crippen LogP contribution in [0.5, 0.6) is 0 Å². The number of benzene rings is 1. The van der Waals surface area contributed by atoms with Crippen LogP contribution in [0.15, 0.2) is 18.2 Å². The molecule has 1 aliphatic heterocycles. The summed E-state index contributed by atoms with van der Waals surface area (Å²) in [7, 11) is -5.57. The summed E-state index contributed by atoms with van der Waals surface area (Å²) in [5, 5.41) is 0. The van der Waals surface area contributed by atoms with Gasteiger partial charge in [-0.15, -0.1) is 0 Å². The molecule has 9 heteroatoms. The van der Waals surface area contributed by atoms with Gasteiger partial charge in [-0.3, -0.25) is 9.03 Å².